The molecule has 8 heteroatoms. The van der Waals surface area contributed by atoms with Gasteiger partial charge in [-0.15, -0.1) is 0 Å². The Hall–Kier alpha value is -3.11. The summed E-state index contributed by atoms with van der Waals surface area (Å²) in [6, 6.07) is 7.69. The molecule has 0 bridgehead atoms. The maximum Gasteiger partial charge on any atom is 0.405 e. The van der Waals surface area contributed by atoms with Crippen LogP contribution in [0.15, 0.2) is 30.3 Å². The van der Waals surface area contributed by atoms with E-state index >= 15 is 0 Å². The molecule has 0 spiro atoms. The average molecular weight is 376 g/mol. The van der Waals surface area contributed by atoms with E-state index < -0.39 is 23.7 Å². The fourth-order valence-electron chi connectivity index (χ4n) is 2.53. The maximum absolute atomic E-state index is 15.0. The summed E-state index contributed by atoms with van der Waals surface area (Å²) < 4.78 is 15.0. The SMILES string of the molecule is CC[C@@H](NC(=O)O)c1ccc(Cl)c(C(=O)c2ccc(N)c(C#N)c2)c1F. The number of anilines is 1. The summed E-state index contributed by atoms with van der Waals surface area (Å²) in [5.41, 5.74) is 5.59. The van der Waals surface area contributed by atoms with E-state index in [0.29, 0.717) is 0 Å². The number of carbonyl (C=O) groups is 2. The van der Waals surface area contributed by atoms with Crippen LogP contribution in [0.1, 0.15) is 46.4 Å². The molecule has 0 fully saturated rings. The van der Waals surface area contributed by atoms with Gasteiger partial charge >= 0.3 is 6.09 Å². The van der Waals surface area contributed by atoms with Gasteiger partial charge < -0.3 is 16.2 Å². The molecule has 0 unspecified atom stereocenters. The number of carboxylic acid groups (broad SMARTS) is 1. The molecule has 1 amide bonds. The molecular formula is C18H15ClFN3O3. The molecular weight excluding hydrogens is 361 g/mol. The number of ketones is 1. The van der Waals surface area contributed by atoms with Gasteiger partial charge in [-0.1, -0.05) is 24.6 Å². The third kappa shape index (κ3) is 3.76. The summed E-state index contributed by atoms with van der Waals surface area (Å²) in [5, 5.41) is 20.0. The van der Waals surface area contributed by atoms with Crippen LogP contribution in [0.4, 0.5) is 14.9 Å². The largest absolute Gasteiger partial charge is 0.465 e. The highest BCUT2D eigenvalue weighted by molar-refractivity contribution is 6.35. The minimum atomic E-state index is -1.31. The van der Waals surface area contributed by atoms with Crippen molar-refractivity contribution in [1.29, 1.82) is 5.26 Å². The molecule has 134 valence electrons. The van der Waals surface area contributed by atoms with E-state index in [-0.39, 0.29) is 39.4 Å². The molecule has 1 atom stereocenters. The normalized spacial score (nSPS) is 11.5. The number of nitrogens with two attached hydrogens (primary N) is 1. The monoisotopic (exact) mass is 375 g/mol. The van der Waals surface area contributed by atoms with Crippen molar-refractivity contribution in [3.63, 3.8) is 0 Å². The molecule has 4 N–H and O–H groups in total. The third-order valence-electron chi connectivity index (χ3n) is 3.87. The second-order valence-corrected chi connectivity index (χ2v) is 5.89. The van der Waals surface area contributed by atoms with Crippen molar-refractivity contribution in [2.75, 3.05) is 5.73 Å². The molecule has 0 saturated carbocycles. The van der Waals surface area contributed by atoms with Crippen molar-refractivity contribution in [1.82, 2.24) is 5.32 Å². The van der Waals surface area contributed by atoms with Crippen LogP contribution in [0, 0.1) is 17.1 Å². The van der Waals surface area contributed by atoms with Crippen LogP contribution >= 0.6 is 11.6 Å². The van der Waals surface area contributed by atoms with E-state index in [0.717, 1.165) is 0 Å². The number of amides is 1. The Morgan fingerprint density at radius 2 is 2.08 bits per heavy atom. The molecule has 2 aromatic carbocycles. The first-order valence-electron chi connectivity index (χ1n) is 7.61. The second-order valence-electron chi connectivity index (χ2n) is 5.48. The van der Waals surface area contributed by atoms with Crippen molar-refractivity contribution < 1.29 is 19.1 Å². The molecule has 0 heterocycles. The Morgan fingerprint density at radius 1 is 1.38 bits per heavy atom. The Balaban J connectivity index is 2.56. The van der Waals surface area contributed by atoms with E-state index in [1.807, 2.05) is 6.07 Å². The van der Waals surface area contributed by atoms with E-state index in [4.69, 9.17) is 27.7 Å². The lowest BCUT2D eigenvalue weighted by atomic mass is 9.95. The van der Waals surface area contributed by atoms with Crippen molar-refractivity contribution >= 4 is 29.2 Å². The first-order valence-corrected chi connectivity index (χ1v) is 7.99. The van der Waals surface area contributed by atoms with Gasteiger partial charge in [-0.2, -0.15) is 5.26 Å². The zero-order valence-electron chi connectivity index (χ0n) is 13.7. The fraction of sp³-hybridized carbons (Fsp3) is 0.167. The molecule has 2 rings (SSSR count). The first-order chi connectivity index (χ1) is 12.3. The van der Waals surface area contributed by atoms with E-state index in [1.165, 1.54) is 30.3 Å². The highest BCUT2D eigenvalue weighted by Crippen LogP contribution is 2.30. The maximum atomic E-state index is 15.0. The van der Waals surface area contributed by atoms with Gasteiger partial charge in [-0.3, -0.25) is 4.79 Å². The molecule has 6 nitrogen and oxygen atoms in total. The number of benzene rings is 2. The number of nitrogens with zero attached hydrogens (tertiary/aromatic N) is 1. The highest BCUT2D eigenvalue weighted by atomic mass is 35.5. The number of halogens is 2. The molecule has 0 radical (unpaired) electrons. The number of carbonyl (C=O) groups excluding carboxylic acids is 1. The van der Waals surface area contributed by atoms with Crippen molar-refractivity contribution in [3.8, 4) is 6.07 Å². The van der Waals surface area contributed by atoms with E-state index in [1.54, 1.807) is 6.92 Å². The van der Waals surface area contributed by atoms with Gasteiger partial charge in [0, 0.05) is 16.8 Å². The van der Waals surface area contributed by atoms with Gasteiger partial charge in [0.05, 0.1) is 22.2 Å². The molecule has 0 aliphatic rings. The fourth-order valence-corrected chi connectivity index (χ4v) is 2.77. The van der Waals surface area contributed by atoms with Crippen LogP contribution in [0.3, 0.4) is 0 Å². The molecule has 0 aromatic heterocycles. The van der Waals surface area contributed by atoms with Gasteiger partial charge in [-0.25, -0.2) is 9.18 Å². The number of hydrogen-bond acceptors (Lipinski definition) is 4. The number of hydrogen-bond donors (Lipinski definition) is 3. The van der Waals surface area contributed by atoms with Crippen molar-refractivity contribution in [2.45, 2.75) is 19.4 Å². The van der Waals surface area contributed by atoms with Crippen LogP contribution in [-0.2, 0) is 0 Å². The van der Waals surface area contributed by atoms with Crippen LogP contribution in [0.25, 0.3) is 0 Å². The zero-order valence-corrected chi connectivity index (χ0v) is 14.5. The lowest BCUT2D eigenvalue weighted by molar-refractivity contribution is 0.103. The van der Waals surface area contributed by atoms with Gasteiger partial charge in [0.25, 0.3) is 0 Å². The minimum Gasteiger partial charge on any atom is -0.465 e. The highest BCUT2D eigenvalue weighted by Gasteiger charge is 2.25. The Labute approximate surface area is 154 Å². The van der Waals surface area contributed by atoms with Gasteiger partial charge in [-0.05, 0) is 30.7 Å². The van der Waals surface area contributed by atoms with E-state index in [9.17, 15) is 14.0 Å². The van der Waals surface area contributed by atoms with Gasteiger partial charge in [0.1, 0.15) is 11.9 Å². The second kappa shape index (κ2) is 7.85. The summed E-state index contributed by atoms with van der Waals surface area (Å²) in [6.07, 6.45) is -1.03. The zero-order chi connectivity index (χ0) is 19.4. The lowest BCUT2D eigenvalue weighted by Crippen LogP contribution is -2.27. The van der Waals surface area contributed by atoms with Crippen LogP contribution in [0.5, 0.6) is 0 Å². The molecule has 0 saturated heterocycles. The molecule has 0 aliphatic carbocycles. The van der Waals surface area contributed by atoms with Crippen molar-refractivity contribution in [2.24, 2.45) is 0 Å². The first kappa shape index (κ1) is 19.2. The average Bonchev–Trinajstić information content (AvgIpc) is 2.60. The van der Waals surface area contributed by atoms with Gasteiger partial charge in [0.2, 0.25) is 0 Å². The van der Waals surface area contributed by atoms with E-state index in [2.05, 4.69) is 5.32 Å². The quantitative estimate of drug-likeness (QED) is 0.541. The number of nitrogens with one attached hydrogen (secondary N) is 1. The number of nitriles is 1. The Kier molecular flexibility index (Phi) is 5.80. The predicted octanol–water partition coefficient (Wildman–Crippen LogP) is 3.88. The lowest BCUT2D eigenvalue weighted by Gasteiger charge is -2.18. The molecule has 0 aliphatic heterocycles. The smallest absolute Gasteiger partial charge is 0.405 e. The summed E-state index contributed by atoms with van der Waals surface area (Å²) in [4.78, 5) is 23.6. The predicted molar refractivity (Wildman–Crippen MR) is 94.6 cm³/mol. The Bertz CT molecular complexity index is 925. The third-order valence-corrected chi connectivity index (χ3v) is 4.18. The van der Waals surface area contributed by atoms with Crippen LogP contribution in [0.2, 0.25) is 5.02 Å². The summed E-state index contributed by atoms with van der Waals surface area (Å²) in [6.45, 7) is 1.68. The van der Waals surface area contributed by atoms with Crippen LogP contribution in [-0.4, -0.2) is 17.0 Å². The van der Waals surface area contributed by atoms with Crippen molar-refractivity contribution in [3.05, 3.63) is 63.4 Å². The summed E-state index contributed by atoms with van der Waals surface area (Å²) >= 11 is 6.02. The summed E-state index contributed by atoms with van der Waals surface area (Å²) in [5.74, 6) is -1.63. The number of rotatable bonds is 5. The Morgan fingerprint density at radius 3 is 2.65 bits per heavy atom. The number of nitrogen functional groups attached to an aromatic ring is 1. The molecule has 2 aromatic rings. The summed E-state index contributed by atoms with van der Waals surface area (Å²) in [7, 11) is 0. The van der Waals surface area contributed by atoms with Gasteiger partial charge in [0.15, 0.2) is 5.78 Å². The standard InChI is InChI=1S/C18H15ClFN3O3/c1-2-14(23-18(25)26)11-4-5-12(19)15(16(11)20)17(24)9-3-6-13(22)10(7-9)8-21/h3-7,14,23H,2,22H2,1H3,(H,25,26)/t14-/m1/s1. The molecule has 26 heavy (non-hydrogen) atoms. The topological polar surface area (TPSA) is 116 Å². The minimum absolute atomic E-state index is 0.0126. The van der Waals surface area contributed by atoms with Crippen LogP contribution < -0.4 is 11.1 Å².